The Bertz CT molecular complexity index is 576. The molecule has 2 heterocycles. The largest absolute Gasteiger partial charge is 0.384 e. The third-order valence-electron chi connectivity index (χ3n) is 2.88. The lowest BCUT2D eigenvalue weighted by Gasteiger charge is -2.20. The standard InChI is InChI=1S/C15H17N5/c16-7-3-9-20(11-13-4-2-8-18-10-13)12-14-5-1-6-15(17)19-14/h1-2,4-6,8,10H,3,9,11-12H2,(H2,17,19). The molecule has 0 saturated carbocycles. The second-order valence-corrected chi connectivity index (χ2v) is 4.53. The van der Waals surface area contributed by atoms with Gasteiger partial charge in [0.1, 0.15) is 5.82 Å². The molecule has 0 atom stereocenters. The predicted molar refractivity (Wildman–Crippen MR) is 77.2 cm³/mol. The van der Waals surface area contributed by atoms with Crippen LogP contribution in [0.5, 0.6) is 0 Å². The summed E-state index contributed by atoms with van der Waals surface area (Å²) in [6, 6.07) is 11.7. The fourth-order valence-corrected chi connectivity index (χ4v) is 1.99. The maximum Gasteiger partial charge on any atom is 0.123 e. The highest BCUT2D eigenvalue weighted by molar-refractivity contribution is 5.28. The maximum atomic E-state index is 8.77. The van der Waals surface area contributed by atoms with Crippen molar-refractivity contribution in [3.8, 4) is 6.07 Å². The molecule has 102 valence electrons. The van der Waals surface area contributed by atoms with Gasteiger partial charge in [-0.3, -0.25) is 9.88 Å². The summed E-state index contributed by atoms with van der Waals surface area (Å²) < 4.78 is 0. The topological polar surface area (TPSA) is 78.8 Å². The molecule has 0 bridgehead atoms. The van der Waals surface area contributed by atoms with Gasteiger partial charge in [-0.25, -0.2) is 4.98 Å². The van der Waals surface area contributed by atoms with E-state index in [1.807, 2.05) is 30.5 Å². The number of nitriles is 1. The molecule has 20 heavy (non-hydrogen) atoms. The molecule has 5 nitrogen and oxygen atoms in total. The minimum Gasteiger partial charge on any atom is -0.384 e. The molecular weight excluding hydrogens is 250 g/mol. The molecule has 2 rings (SSSR count). The van der Waals surface area contributed by atoms with E-state index in [1.165, 1.54) is 0 Å². The van der Waals surface area contributed by atoms with E-state index in [1.54, 1.807) is 12.3 Å². The number of anilines is 1. The van der Waals surface area contributed by atoms with Crippen LogP contribution in [0.2, 0.25) is 0 Å². The summed E-state index contributed by atoms with van der Waals surface area (Å²) >= 11 is 0. The van der Waals surface area contributed by atoms with Gasteiger partial charge in [-0.05, 0) is 23.8 Å². The van der Waals surface area contributed by atoms with Crippen molar-refractivity contribution >= 4 is 5.82 Å². The zero-order valence-corrected chi connectivity index (χ0v) is 11.2. The van der Waals surface area contributed by atoms with Crippen LogP contribution >= 0.6 is 0 Å². The van der Waals surface area contributed by atoms with Gasteiger partial charge in [-0.15, -0.1) is 0 Å². The van der Waals surface area contributed by atoms with Gasteiger partial charge in [0.05, 0.1) is 11.8 Å². The SMILES string of the molecule is N#CCCN(Cc1cccnc1)Cc1cccc(N)n1. The third-order valence-corrected chi connectivity index (χ3v) is 2.88. The van der Waals surface area contributed by atoms with Crippen molar-refractivity contribution in [1.29, 1.82) is 5.26 Å². The van der Waals surface area contributed by atoms with Crippen LogP contribution in [-0.4, -0.2) is 21.4 Å². The molecule has 0 saturated heterocycles. The highest BCUT2D eigenvalue weighted by Crippen LogP contribution is 2.09. The minimum atomic E-state index is 0.489. The first-order chi connectivity index (χ1) is 9.78. The molecule has 0 amide bonds. The average molecular weight is 267 g/mol. The zero-order valence-electron chi connectivity index (χ0n) is 11.2. The van der Waals surface area contributed by atoms with Gasteiger partial charge in [0.2, 0.25) is 0 Å². The molecular formula is C15H17N5. The van der Waals surface area contributed by atoms with Gasteiger partial charge in [0, 0.05) is 38.4 Å². The van der Waals surface area contributed by atoms with E-state index < -0.39 is 0 Å². The first-order valence-corrected chi connectivity index (χ1v) is 6.47. The van der Waals surface area contributed by atoms with E-state index in [-0.39, 0.29) is 0 Å². The van der Waals surface area contributed by atoms with Crippen molar-refractivity contribution in [2.45, 2.75) is 19.5 Å². The highest BCUT2D eigenvalue weighted by Gasteiger charge is 2.08. The first kappa shape index (κ1) is 14.0. The molecule has 0 radical (unpaired) electrons. The summed E-state index contributed by atoms with van der Waals surface area (Å²) in [5.41, 5.74) is 7.72. The number of nitrogens with zero attached hydrogens (tertiary/aromatic N) is 4. The Balaban J connectivity index is 2.05. The van der Waals surface area contributed by atoms with Crippen molar-refractivity contribution in [2.24, 2.45) is 0 Å². The van der Waals surface area contributed by atoms with Gasteiger partial charge in [0.25, 0.3) is 0 Å². The summed E-state index contributed by atoms with van der Waals surface area (Å²) in [6.45, 7) is 2.11. The second kappa shape index (κ2) is 7.22. The number of hydrogen-bond donors (Lipinski definition) is 1. The lowest BCUT2D eigenvalue weighted by Crippen LogP contribution is -2.24. The van der Waals surface area contributed by atoms with E-state index in [0.29, 0.717) is 25.3 Å². The smallest absolute Gasteiger partial charge is 0.123 e. The van der Waals surface area contributed by atoms with Gasteiger partial charge in [-0.1, -0.05) is 12.1 Å². The van der Waals surface area contributed by atoms with Crippen LogP contribution < -0.4 is 5.73 Å². The van der Waals surface area contributed by atoms with Gasteiger partial charge in [0.15, 0.2) is 0 Å². The lowest BCUT2D eigenvalue weighted by molar-refractivity contribution is 0.259. The quantitative estimate of drug-likeness (QED) is 0.865. The molecule has 5 heteroatoms. The molecule has 0 fully saturated rings. The van der Waals surface area contributed by atoms with Crippen LogP contribution in [0, 0.1) is 11.3 Å². The van der Waals surface area contributed by atoms with E-state index in [9.17, 15) is 0 Å². The Morgan fingerprint density at radius 1 is 1.20 bits per heavy atom. The zero-order chi connectivity index (χ0) is 14.2. The number of nitrogens with two attached hydrogens (primary N) is 1. The Kier molecular flexibility index (Phi) is 5.04. The van der Waals surface area contributed by atoms with Gasteiger partial charge < -0.3 is 5.73 Å². The Hall–Kier alpha value is -2.45. The molecule has 2 N–H and O–H groups in total. The number of nitrogen functional groups attached to an aromatic ring is 1. The number of rotatable bonds is 6. The predicted octanol–water partition coefficient (Wildman–Crippen LogP) is 1.97. The molecule has 2 aromatic heterocycles. The van der Waals surface area contributed by atoms with E-state index in [0.717, 1.165) is 17.8 Å². The van der Waals surface area contributed by atoms with Crippen LogP contribution in [0.1, 0.15) is 17.7 Å². The van der Waals surface area contributed by atoms with Gasteiger partial charge in [-0.2, -0.15) is 5.26 Å². The van der Waals surface area contributed by atoms with Crippen molar-refractivity contribution in [2.75, 3.05) is 12.3 Å². The van der Waals surface area contributed by atoms with Crippen LogP contribution in [0.15, 0.2) is 42.7 Å². The number of hydrogen-bond acceptors (Lipinski definition) is 5. The second-order valence-electron chi connectivity index (χ2n) is 4.53. The molecule has 0 aliphatic rings. The minimum absolute atomic E-state index is 0.489. The lowest BCUT2D eigenvalue weighted by atomic mass is 10.2. The van der Waals surface area contributed by atoms with Gasteiger partial charge >= 0.3 is 0 Å². The molecule has 0 aromatic carbocycles. The van der Waals surface area contributed by atoms with Crippen molar-refractivity contribution in [3.63, 3.8) is 0 Å². The average Bonchev–Trinajstić information content (AvgIpc) is 2.46. The fourth-order valence-electron chi connectivity index (χ4n) is 1.99. The van der Waals surface area contributed by atoms with Crippen molar-refractivity contribution in [3.05, 3.63) is 54.0 Å². The summed E-state index contributed by atoms with van der Waals surface area (Å²) in [6.07, 6.45) is 4.08. The van der Waals surface area contributed by atoms with E-state index in [4.69, 9.17) is 11.0 Å². The van der Waals surface area contributed by atoms with Crippen molar-refractivity contribution < 1.29 is 0 Å². The molecule has 0 spiro atoms. The summed E-state index contributed by atoms with van der Waals surface area (Å²) in [4.78, 5) is 10.6. The molecule has 0 unspecified atom stereocenters. The molecule has 0 aliphatic carbocycles. The highest BCUT2D eigenvalue weighted by atomic mass is 15.1. The Morgan fingerprint density at radius 2 is 2.10 bits per heavy atom. The monoisotopic (exact) mass is 267 g/mol. The van der Waals surface area contributed by atoms with Crippen LogP contribution in [-0.2, 0) is 13.1 Å². The van der Waals surface area contributed by atoms with Crippen LogP contribution in [0.4, 0.5) is 5.82 Å². The normalized spacial score (nSPS) is 10.4. The third kappa shape index (κ3) is 4.34. The fraction of sp³-hybridized carbons (Fsp3) is 0.267. The van der Waals surface area contributed by atoms with Crippen LogP contribution in [0.25, 0.3) is 0 Å². The maximum absolute atomic E-state index is 8.77. The van der Waals surface area contributed by atoms with E-state index in [2.05, 4.69) is 20.9 Å². The van der Waals surface area contributed by atoms with Crippen LogP contribution in [0.3, 0.4) is 0 Å². The Labute approximate surface area is 118 Å². The summed E-state index contributed by atoms with van der Waals surface area (Å²) in [5, 5.41) is 8.77. The summed E-state index contributed by atoms with van der Waals surface area (Å²) in [5.74, 6) is 0.518. The van der Waals surface area contributed by atoms with Crippen molar-refractivity contribution in [1.82, 2.24) is 14.9 Å². The van der Waals surface area contributed by atoms with E-state index >= 15 is 0 Å². The number of aromatic nitrogens is 2. The Morgan fingerprint density at radius 3 is 2.80 bits per heavy atom. The molecule has 2 aromatic rings. The molecule has 0 aliphatic heterocycles. The number of pyridine rings is 2. The summed E-state index contributed by atoms with van der Waals surface area (Å²) in [7, 11) is 0. The first-order valence-electron chi connectivity index (χ1n) is 6.47.